The summed E-state index contributed by atoms with van der Waals surface area (Å²) in [5.74, 6) is 0. The smallest absolute Gasteiger partial charge is 0.0558 e. The highest BCUT2D eigenvalue weighted by molar-refractivity contribution is 7.10. The molecule has 3 heteroatoms. The van der Waals surface area contributed by atoms with Crippen LogP contribution in [0.15, 0.2) is 11.4 Å². The van der Waals surface area contributed by atoms with Crippen LogP contribution < -0.4 is 5.32 Å². The zero-order valence-corrected chi connectivity index (χ0v) is 12.5. The molecular weight excluding hydrogens is 240 g/mol. The van der Waals surface area contributed by atoms with Gasteiger partial charge in [0.05, 0.1) is 5.54 Å². The van der Waals surface area contributed by atoms with Crippen LogP contribution in [0.2, 0.25) is 0 Å². The molecule has 1 saturated heterocycles. The number of nitrogens with one attached hydrogen (secondary N) is 1. The van der Waals surface area contributed by atoms with E-state index in [1.165, 1.54) is 32.4 Å². The van der Waals surface area contributed by atoms with Gasteiger partial charge in [-0.25, -0.2) is 0 Å². The van der Waals surface area contributed by atoms with Crippen molar-refractivity contribution in [1.82, 2.24) is 10.2 Å². The van der Waals surface area contributed by atoms with Gasteiger partial charge in [-0.3, -0.25) is 0 Å². The van der Waals surface area contributed by atoms with E-state index in [1.807, 2.05) is 11.3 Å². The van der Waals surface area contributed by atoms with Gasteiger partial charge in [0.1, 0.15) is 0 Å². The lowest BCUT2D eigenvalue weighted by atomic mass is 9.79. The van der Waals surface area contributed by atoms with Crippen LogP contribution in [0.3, 0.4) is 0 Å². The van der Waals surface area contributed by atoms with Crippen molar-refractivity contribution in [3.8, 4) is 0 Å². The summed E-state index contributed by atoms with van der Waals surface area (Å²) in [4.78, 5) is 4.24. The lowest BCUT2D eigenvalue weighted by molar-refractivity contribution is 0.0987. The van der Waals surface area contributed by atoms with Gasteiger partial charge in [-0.15, -0.1) is 11.3 Å². The summed E-state index contributed by atoms with van der Waals surface area (Å²) in [6.45, 7) is 9.41. The molecule has 1 spiro atoms. The third kappa shape index (κ3) is 2.02. The fraction of sp³-hybridized carbons (Fsp3) is 0.733. The van der Waals surface area contributed by atoms with Crippen molar-refractivity contribution in [1.29, 1.82) is 0 Å². The number of fused-ring (bicyclic) bond motifs is 2. The summed E-state index contributed by atoms with van der Waals surface area (Å²) in [6.07, 6.45) is 3.74. The summed E-state index contributed by atoms with van der Waals surface area (Å²) in [5.41, 5.74) is 1.89. The van der Waals surface area contributed by atoms with Crippen molar-refractivity contribution >= 4 is 11.3 Å². The van der Waals surface area contributed by atoms with Crippen molar-refractivity contribution in [3.05, 3.63) is 21.9 Å². The fourth-order valence-corrected chi connectivity index (χ4v) is 4.79. The molecule has 3 heterocycles. The van der Waals surface area contributed by atoms with Crippen molar-refractivity contribution in [2.24, 2.45) is 0 Å². The Bertz CT molecular complexity index is 416. The maximum Gasteiger partial charge on any atom is 0.0558 e. The largest absolute Gasteiger partial charge is 0.304 e. The first-order chi connectivity index (χ1) is 8.61. The highest BCUT2D eigenvalue weighted by Crippen LogP contribution is 2.42. The van der Waals surface area contributed by atoms with Gasteiger partial charge >= 0.3 is 0 Å². The van der Waals surface area contributed by atoms with Crippen molar-refractivity contribution < 1.29 is 0 Å². The van der Waals surface area contributed by atoms with Gasteiger partial charge in [0.2, 0.25) is 0 Å². The quantitative estimate of drug-likeness (QED) is 0.839. The van der Waals surface area contributed by atoms with E-state index < -0.39 is 0 Å². The number of likely N-dealkylation sites (tertiary alicyclic amines) is 1. The Balaban J connectivity index is 1.85. The molecule has 3 rings (SSSR count). The van der Waals surface area contributed by atoms with Crippen LogP contribution in [0, 0.1) is 0 Å². The average molecular weight is 264 g/mol. The van der Waals surface area contributed by atoms with E-state index in [-0.39, 0.29) is 5.54 Å². The van der Waals surface area contributed by atoms with Gasteiger partial charge in [-0.05, 0) is 57.0 Å². The first-order valence-corrected chi connectivity index (χ1v) is 8.07. The Hall–Kier alpha value is -0.380. The number of hydrogen-bond acceptors (Lipinski definition) is 3. The third-order valence-corrected chi connectivity index (χ3v) is 5.77. The summed E-state index contributed by atoms with van der Waals surface area (Å²) in [7, 11) is 0. The number of nitrogens with zero attached hydrogens (tertiary/aromatic N) is 1. The van der Waals surface area contributed by atoms with Crippen molar-refractivity contribution in [3.63, 3.8) is 0 Å². The van der Waals surface area contributed by atoms with Crippen molar-refractivity contribution in [2.45, 2.75) is 57.7 Å². The highest BCUT2D eigenvalue weighted by atomic mass is 32.1. The third-order valence-electron chi connectivity index (χ3n) is 4.61. The van der Waals surface area contributed by atoms with E-state index in [9.17, 15) is 0 Å². The monoisotopic (exact) mass is 264 g/mol. The number of rotatable bonds is 1. The zero-order valence-electron chi connectivity index (χ0n) is 11.7. The second-order valence-electron chi connectivity index (χ2n) is 6.24. The second kappa shape index (κ2) is 4.62. The molecule has 18 heavy (non-hydrogen) atoms. The molecule has 0 aliphatic carbocycles. The van der Waals surface area contributed by atoms with Gasteiger partial charge < -0.3 is 10.2 Å². The first kappa shape index (κ1) is 12.6. The minimum Gasteiger partial charge on any atom is -0.304 e. The van der Waals surface area contributed by atoms with Crippen LogP contribution in [-0.4, -0.2) is 30.1 Å². The standard InChI is InChI=1S/C15H24N2S/c1-11(2)17-7-5-15(6-8-17)14-13(4-9-18-14)10-12(3)16-15/h4,9,11-12,16H,5-8,10H2,1-3H3. The molecule has 1 fully saturated rings. The van der Waals surface area contributed by atoms with Crippen LogP contribution in [0.25, 0.3) is 0 Å². The SMILES string of the molecule is CC1Cc2ccsc2C2(CCN(C(C)C)CC2)N1. The van der Waals surface area contributed by atoms with Crippen LogP contribution in [0.5, 0.6) is 0 Å². The van der Waals surface area contributed by atoms with Crippen LogP contribution in [0.1, 0.15) is 44.1 Å². The summed E-state index contributed by atoms with van der Waals surface area (Å²) < 4.78 is 0. The molecule has 0 saturated carbocycles. The molecule has 1 N–H and O–H groups in total. The summed E-state index contributed by atoms with van der Waals surface area (Å²) >= 11 is 1.96. The fourth-order valence-electron chi connectivity index (χ4n) is 3.63. The van der Waals surface area contributed by atoms with E-state index in [0.717, 1.165) is 0 Å². The Morgan fingerprint density at radius 2 is 2.11 bits per heavy atom. The summed E-state index contributed by atoms with van der Waals surface area (Å²) in [5, 5.41) is 6.20. The normalized spacial score (nSPS) is 27.7. The molecular formula is C15H24N2S. The summed E-state index contributed by atoms with van der Waals surface area (Å²) in [6, 6.07) is 3.65. The molecule has 2 aliphatic heterocycles. The Morgan fingerprint density at radius 1 is 1.39 bits per heavy atom. The average Bonchev–Trinajstić information content (AvgIpc) is 2.78. The zero-order chi connectivity index (χ0) is 12.8. The Morgan fingerprint density at radius 3 is 2.78 bits per heavy atom. The lowest BCUT2D eigenvalue weighted by Gasteiger charge is -2.47. The minimum atomic E-state index is 0.284. The molecule has 0 bridgehead atoms. The topological polar surface area (TPSA) is 15.3 Å². The lowest BCUT2D eigenvalue weighted by Crippen LogP contribution is -2.57. The maximum atomic E-state index is 3.92. The molecule has 1 unspecified atom stereocenters. The van der Waals surface area contributed by atoms with Gasteiger partial charge in [-0.2, -0.15) is 0 Å². The van der Waals surface area contributed by atoms with E-state index >= 15 is 0 Å². The number of hydrogen-bond donors (Lipinski definition) is 1. The minimum absolute atomic E-state index is 0.284. The molecule has 1 aromatic heterocycles. The van der Waals surface area contributed by atoms with Crippen LogP contribution in [0.4, 0.5) is 0 Å². The highest BCUT2D eigenvalue weighted by Gasteiger charge is 2.42. The molecule has 0 amide bonds. The molecule has 1 atom stereocenters. The van der Waals surface area contributed by atoms with E-state index in [4.69, 9.17) is 0 Å². The van der Waals surface area contributed by atoms with E-state index in [2.05, 4.69) is 42.4 Å². The molecule has 100 valence electrons. The number of piperidine rings is 1. The predicted octanol–water partition coefficient (Wildman–Crippen LogP) is 2.98. The van der Waals surface area contributed by atoms with Crippen LogP contribution in [-0.2, 0) is 12.0 Å². The van der Waals surface area contributed by atoms with Crippen molar-refractivity contribution in [2.75, 3.05) is 13.1 Å². The molecule has 0 aromatic carbocycles. The second-order valence-corrected chi connectivity index (χ2v) is 7.15. The molecule has 0 radical (unpaired) electrons. The molecule has 2 nitrogen and oxygen atoms in total. The van der Waals surface area contributed by atoms with E-state index in [0.29, 0.717) is 12.1 Å². The van der Waals surface area contributed by atoms with Gasteiger partial charge in [-0.1, -0.05) is 0 Å². The van der Waals surface area contributed by atoms with E-state index in [1.54, 1.807) is 10.4 Å². The van der Waals surface area contributed by atoms with Gasteiger partial charge in [0.15, 0.2) is 0 Å². The Labute approximate surface area is 114 Å². The van der Waals surface area contributed by atoms with Gasteiger partial charge in [0.25, 0.3) is 0 Å². The first-order valence-electron chi connectivity index (χ1n) is 7.19. The Kier molecular flexibility index (Phi) is 3.25. The molecule has 2 aliphatic rings. The predicted molar refractivity (Wildman–Crippen MR) is 78.2 cm³/mol. The maximum absolute atomic E-state index is 3.92. The molecule has 1 aromatic rings. The van der Waals surface area contributed by atoms with Crippen LogP contribution >= 0.6 is 11.3 Å². The number of thiophene rings is 1. The van der Waals surface area contributed by atoms with Gasteiger partial charge in [0, 0.05) is 30.1 Å².